The minimum atomic E-state index is -0.819. The number of benzene rings is 1. The fraction of sp³-hybridized carbons (Fsp3) is 0.655. The van der Waals surface area contributed by atoms with E-state index >= 15 is 0 Å². The highest BCUT2D eigenvalue weighted by Gasteiger charge is 2.40. The van der Waals surface area contributed by atoms with Gasteiger partial charge in [-0.2, -0.15) is 16.9 Å². The summed E-state index contributed by atoms with van der Waals surface area (Å²) in [6, 6.07) is 2.67. The monoisotopic (exact) mass is 604 g/mol. The zero-order valence-corrected chi connectivity index (χ0v) is 26.6. The number of aromatic nitrogens is 2. The maximum Gasteiger partial charge on any atom is 0.407 e. The Kier molecular flexibility index (Phi) is 17.7. The van der Waals surface area contributed by atoms with Gasteiger partial charge in [-0.1, -0.05) is 35.1 Å². The van der Waals surface area contributed by atoms with Crippen molar-refractivity contribution in [3.63, 3.8) is 0 Å². The van der Waals surface area contributed by atoms with Crippen LogP contribution in [0, 0.1) is 11.6 Å². The van der Waals surface area contributed by atoms with Crippen molar-refractivity contribution in [2.24, 2.45) is 0 Å². The van der Waals surface area contributed by atoms with Crippen molar-refractivity contribution in [1.29, 1.82) is 0 Å². The molecule has 1 fully saturated rings. The van der Waals surface area contributed by atoms with Gasteiger partial charge in [-0.05, 0) is 69.9 Å². The van der Waals surface area contributed by atoms with Gasteiger partial charge in [0.15, 0.2) is 0 Å². The van der Waals surface area contributed by atoms with E-state index in [0.29, 0.717) is 19.6 Å². The number of nitrogens with one attached hydrogen (secondary N) is 1. The number of hydrogen-bond donors (Lipinski definition) is 1. The lowest BCUT2D eigenvalue weighted by molar-refractivity contribution is -0.0629. The summed E-state index contributed by atoms with van der Waals surface area (Å²) in [5, 5.41) is 7.39. The first-order chi connectivity index (χ1) is 18.5. The van der Waals surface area contributed by atoms with Crippen molar-refractivity contribution in [3.05, 3.63) is 52.9 Å². The molecule has 2 aliphatic rings. The zero-order chi connectivity index (χ0) is 29.8. The molecule has 1 N–H and O–H groups in total. The van der Waals surface area contributed by atoms with E-state index in [1.165, 1.54) is 11.9 Å². The predicted octanol–water partition coefficient (Wildman–Crippen LogP) is 7.69. The number of hydrogen-bond acceptors (Lipinski definition) is 7. The Morgan fingerprint density at radius 2 is 1.75 bits per heavy atom. The van der Waals surface area contributed by atoms with Crippen LogP contribution in [0.15, 0.2) is 24.4 Å². The van der Waals surface area contributed by atoms with Gasteiger partial charge in [0.2, 0.25) is 0 Å². The third-order valence-corrected chi connectivity index (χ3v) is 6.17. The van der Waals surface area contributed by atoms with Crippen molar-refractivity contribution in [1.82, 2.24) is 19.4 Å². The Morgan fingerprint density at radius 3 is 2.30 bits per heavy atom. The van der Waals surface area contributed by atoms with Gasteiger partial charge in [-0.15, -0.1) is 0 Å². The summed E-state index contributed by atoms with van der Waals surface area (Å²) >= 11 is 3.29. The van der Waals surface area contributed by atoms with Gasteiger partial charge in [0.05, 0.1) is 18.3 Å². The molecule has 40 heavy (non-hydrogen) atoms. The Hall–Kier alpha value is -1.82. The van der Waals surface area contributed by atoms with Crippen molar-refractivity contribution in [2.75, 3.05) is 25.4 Å². The summed E-state index contributed by atoms with van der Waals surface area (Å²) in [5.41, 5.74) is 1.59. The number of carbonyl (C=O) groups excluding carboxylic acids is 1. The van der Waals surface area contributed by atoms with Crippen LogP contribution in [0.3, 0.4) is 0 Å². The van der Waals surface area contributed by atoms with Gasteiger partial charge < -0.3 is 14.8 Å². The standard InChI is InChI=1S/C22H28F2N4O3S.C2H6S.2C2H6.CH4/c1-22(2,3)31-21(29)25-18-8-15(27-9-13-10-28(32-4)26-19(13)11-27)12-30-20(18)16-7-14(23)5-6-17(16)24;1-3-2;2*1-2;/h5-7,10,15,18,20H,8-9,11-12H2,1-4H3,(H,25,29);1-2H3;2*1-2H3;1H4/t15?,18?,20-;;;;/m1..../s1. The van der Waals surface area contributed by atoms with E-state index in [1.54, 1.807) is 32.5 Å². The van der Waals surface area contributed by atoms with Crippen molar-refractivity contribution in [2.45, 2.75) is 99.2 Å². The number of amides is 1. The molecule has 0 saturated carbocycles. The fourth-order valence-corrected chi connectivity index (χ4v) is 4.62. The lowest BCUT2D eigenvalue weighted by Gasteiger charge is -2.40. The van der Waals surface area contributed by atoms with Crippen LogP contribution in [0.25, 0.3) is 0 Å². The molecule has 0 aliphatic carbocycles. The number of halogens is 2. The third kappa shape index (κ3) is 11.2. The summed E-state index contributed by atoms with van der Waals surface area (Å²) in [5.74, 6) is -1.13. The maximum atomic E-state index is 14.5. The Labute approximate surface area is 249 Å². The molecule has 1 saturated heterocycles. The van der Waals surface area contributed by atoms with Gasteiger partial charge in [0, 0.05) is 42.7 Å². The van der Waals surface area contributed by atoms with Gasteiger partial charge in [0.25, 0.3) is 0 Å². The van der Waals surface area contributed by atoms with E-state index in [2.05, 4.69) is 15.3 Å². The first-order valence-corrected chi connectivity index (χ1v) is 16.2. The average Bonchev–Trinajstić information content (AvgIpc) is 3.47. The van der Waals surface area contributed by atoms with Crippen LogP contribution in [-0.4, -0.2) is 63.2 Å². The lowest BCUT2D eigenvalue weighted by atomic mass is 9.92. The van der Waals surface area contributed by atoms with Gasteiger partial charge in [0.1, 0.15) is 23.3 Å². The number of ether oxygens (including phenoxy) is 2. The minimum Gasteiger partial charge on any atom is -0.444 e. The SMILES string of the molecule is C.CC.CC.CSC.CSn1cc2c(n1)CN(C1CO[C@H](c3cc(F)ccc3F)C(NC(=O)OC(C)(C)C)C1)C2. The van der Waals surface area contributed by atoms with Gasteiger partial charge >= 0.3 is 6.09 Å². The van der Waals surface area contributed by atoms with E-state index in [4.69, 9.17) is 9.47 Å². The maximum absolute atomic E-state index is 14.5. The predicted molar refractivity (Wildman–Crippen MR) is 166 cm³/mol. The van der Waals surface area contributed by atoms with E-state index in [1.807, 2.05) is 56.7 Å². The summed E-state index contributed by atoms with van der Waals surface area (Å²) in [6.07, 6.45) is 7.14. The molecule has 2 unspecified atom stereocenters. The largest absolute Gasteiger partial charge is 0.444 e. The van der Waals surface area contributed by atoms with E-state index in [-0.39, 0.29) is 19.0 Å². The first-order valence-electron chi connectivity index (χ1n) is 13.4. The molecule has 11 heteroatoms. The normalized spacial score (nSPS) is 19.8. The van der Waals surface area contributed by atoms with E-state index in [0.717, 1.165) is 36.0 Å². The molecular weight excluding hydrogens is 554 g/mol. The molecular formula is C29H50F2N4O3S2. The Morgan fingerprint density at radius 1 is 1.12 bits per heavy atom. The summed E-state index contributed by atoms with van der Waals surface area (Å²) in [4.78, 5) is 14.7. The summed E-state index contributed by atoms with van der Waals surface area (Å²) in [6.45, 7) is 15.0. The molecule has 1 amide bonds. The van der Waals surface area contributed by atoms with Crippen molar-refractivity contribution >= 4 is 29.8 Å². The number of carbonyl (C=O) groups is 1. The van der Waals surface area contributed by atoms with E-state index in [9.17, 15) is 13.6 Å². The van der Waals surface area contributed by atoms with E-state index < -0.39 is 35.5 Å². The van der Waals surface area contributed by atoms with Crippen LogP contribution >= 0.6 is 23.7 Å². The minimum absolute atomic E-state index is 0. The second-order valence-electron chi connectivity index (χ2n) is 9.56. The quantitative estimate of drug-likeness (QED) is 0.384. The number of rotatable bonds is 4. The van der Waals surface area contributed by atoms with Crippen molar-refractivity contribution in [3.8, 4) is 0 Å². The summed E-state index contributed by atoms with van der Waals surface area (Å²) in [7, 11) is 0. The molecule has 4 rings (SSSR count). The Balaban J connectivity index is 0.00000175. The molecule has 1 aromatic carbocycles. The highest BCUT2D eigenvalue weighted by molar-refractivity contribution is 7.97. The molecule has 2 aliphatic heterocycles. The lowest BCUT2D eigenvalue weighted by Crippen LogP contribution is -2.52. The second-order valence-corrected chi connectivity index (χ2v) is 11.1. The fourth-order valence-electron chi connectivity index (χ4n) is 4.21. The third-order valence-electron chi connectivity index (χ3n) is 5.61. The molecule has 0 spiro atoms. The van der Waals surface area contributed by atoms with Crippen LogP contribution in [0.4, 0.5) is 13.6 Å². The molecule has 0 bridgehead atoms. The molecule has 7 nitrogen and oxygen atoms in total. The molecule has 0 radical (unpaired) electrons. The average molecular weight is 605 g/mol. The molecule has 3 heterocycles. The van der Waals surface area contributed by atoms with Crippen molar-refractivity contribution < 1.29 is 23.0 Å². The number of thioether (sulfide) groups is 1. The van der Waals surface area contributed by atoms with Gasteiger partial charge in [-0.25, -0.2) is 17.7 Å². The van der Waals surface area contributed by atoms with Crippen LogP contribution in [0.5, 0.6) is 0 Å². The number of fused-ring (bicyclic) bond motifs is 1. The van der Waals surface area contributed by atoms with Crippen LogP contribution < -0.4 is 5.32 Å². The molecule has 1 aromatic heterocycles. The van der Waals surface area contributed by atoms with Crippen LogP contribution in [0.1, 0.15) is 85.2 Å². The molecule has 2 aromatic rings. The number of nitrogens with zero attached hydrogens (tertiary/aromatic N) is 3. The topological polar surface area (TPSA) is 68.6 Å². The van der Waals surface area contributed by atoms with Gasteiger partial charge in [-0.3, -0.25) is 4.90 Å². The highest BCUT2D eigenvalue weighted by atomic mass is 32.2. The molecule has 230 valence electrons. The highest BCUT2D eigenvalue weighted by Crippen LogP contribution is 2.35. The van der Waals surface area contributed by atoms with Crippen LogP contribution in [-0.2, 0) is 22.6 Å². The first kappa shape index (κ1) is 38.2. The van der Waals surface area contributed by atoms with Crippen LogP contribution in [0.2, 0.25) is 0 Å². The summed E-state index contributed by atoms with van der Waals surface area (Å²) < 4.78 is 41.7. The zero-order valence-electron chi connectivity index (χ0n) is 25.0. The smallest absolute Gasteiger partial charge is 0.407 e. The molecule has 3 atom stereocenters. The number of alkyl carbamates (subject to hydrolysis) is 1. The second kappa shape index (κ2) is 18.6. The Bertz CT molecular complexity index is 994.